The second kappa shape index (κ2) is 12.9. The summed E-state index contributed by atoms with van der Waals surface area (Å²) in [7, 11) is -4.16. The van der Waals surface area contributed by atoms with Gasteiger partial charge < -0.3 is 10.2 Å². The topological polar surface area (TPSA) is 86.8 Å². The first-order valence-electron chi connectivity index (χ1n) is 12.5. The van der Waals surface area contributed by atoms with Gasteiger partial charge in [0.15, 0.2) is 0 Å². The Labute approximate surface area is 230 Å². The van der Waals surface area contributed by atoms with Crippen LogP contribution in [0.4, 0.5) is 5.69 Å². The number of anilines is 1. The van der Waals surface area contributed by atoms with Gasteiger partial charge in [-0.25, -0.2) is 8.42 Å². The lowest BCUT2D eigenvalue weighted by molar-refractivity contribution is -0.140. The van der Waals surface area contributed by atoms with E-state index in [1.165, 1.54) is 17.0 Å². The molecule has 202 valence electrons. The standard InChI is InChI=1S/C29H34ClN3O4S/c1-5-26(29(35)31-6-2)32(19-23-15-11-21(3)12-16-23)28(34)20-33(27-10-8-7-9-25(27)30)38(36,37)24-17-13-22(4)14-18-24/h7-18,26H,5-6,19-20H2,1-4H3,(H,31,35)/t26-/m1/s1. The van der Waals surface area contributed by atoms with Gasteiger partial charge >= 0.3 is 0 Å². The van der Waals surface area contributed by atoms with E-state index in [0.29, 0.717) is 13.0 Å². The van der Waals surface area contributed by atoms with Crippen molar-refractivity contribution < 1.29 is 18.0 Å². The molecule has 0 saturated heterocycles. The summed E-state index contributed by atoms with van der Waals surface area (Å²) < 4.78 is 28.7. The fourth-order valence-electron chi connectivity index (χ4n) is 4.11. The number of hydrogen-bond donors (Lipinski definition) is 1. The van der Waals surface area contributed by atoms with Crippen LogP contribution in [0, 0.1) is 13.8 Å². The number of sulfonamides is 1. The molecule has 0 saturated carbocycles. The van der Waals surface area contributed by atoms with Crippen LogP contribution in [0.25, 0.3) is 0 Å². The van der Waals surface area contributed by atoms with E-state index in [1.54, 1.807) is 36.4 Å². The van der Waals surface area contributed by atoms with Crippen molar-refractivity contribution in [1.82, 2.24) is 10.2 Å². The van der Waals surface area contributed by atoms with Gasteiger partial charge in [0.1, 0.15) is 12.6 Å². The predicted molar refractivity (Wildman–Crippen MR) is 152 cm³/mol. The molecule has 2 amide bonds. The van der Waals surface area contributed by atoms with E-state index in [1.807, 2.05) is 52.0 Å². The first kappa shape index (κ1) is 29.2. The van der Waals surface area contributed by atoms with E-state index in [9.17, 15) is 18.0 Å². The molecule has 0 aliphatic carbocycles. The fourth-order valence-corrected chi connectivity index (χ4v) is 5.83. The van der Waals surface area contributed by atoms with Crippen molar-refractivity contribution in [1.29, 1.82) is 0 Å². The lowest BCUT2D eigenvalue weighted by Gasteiger charge is -2.33. The van der Waals surface area contributed by atoms with Crippen molar-refractivity contribution in [3.63, 3.8) is 0 Å². The van der Waals surface area contributed by atoms with Crippen molar-refractivity contribution >= 4 is 39.1 Å². The summed E-state index contributed by atoms with van der Waals surface area (Å²) in [5.41, 5.74) is 2.99. The van der Waals surface area contributed by atoms with Gasteiger partial charge in [0, 0.05) is 13.1 Å². The van der Waals surface area contributed by atoms with Crippen molar-refractivity contribution in [2.24, 2.45) is 0 Å². The highest BCUT2D eigenvalue weighted by atomic mass is 35.5. The van der Waals surface area contributed by atoms with Crippen LogP contribution in [-0.2, 0) is 26.2 Å². The normalized spacial score (nSPS) is 12.0. The second-order valence-electron chi connectivity index (χ2n) is 9.10. The summed E-state index contributed by atoms with van der Waals surface area (Å²) in [6.45, 7) is 7.50. The molecule has 38 heavy (non-hydrogen) atoms. The molecule has 0 aromatic heterocycles. The quantitative estimate of drug-likeness (QED) is 0.357. The number of aryl methyl sites for hydroxylation is 2. The van der Waals surface area contributed by atoms with Gasteiger partial charge in [-0.3, -0.25) is 13.9 Å². The summed E-state index contributed by atoms with van der Waals surface area (Å²) in [5.74, 6) is -0.805. The van der Waals surface area contributed by atoms with E-state index in [4.69, 9.17) is 11.6 Å². The van der Waals surface area contributed by atoms with Gasteiger partial charge in [0.05, 0.1) is 15.6 Å². The van der Waals surface area contributed by atoms with Crippen LogP contribution in [0.5, 0.6) is 0 Å². The van der Waals surface area contributed by atoms with E-state index in [-0.39, 0.29) is 28.1 Å². The second-order valence-corrected chi connectivity index (χ2v) is 11.4. The zero-order chi connectivity index (χ0) is 27.9. The van der Waals surface area contributed by atoms with Crippen molar-refractivity contribution in [3.8, 4) is 0 Å². The smallest absolute Gasteiger partial charge is 0.264 e. The van der Waals surface area contributed by atoms with Gasteiger partial charge in [-0.15, -0.1) is 0 Å². The molecule has 0 unspecified atom stereocenters. The predicted octanol–water partition coefficient (Wildman–Crippen LogP) is 5.10. The number of nitrogens with zero attached hydrogens (tertiary/aromatic N) is 2. The summed E-state index contributed by atoms with van der Waals surface area (Å²) in [6, 6.07) is 19.8. The summed E-state index contributed by atoms with van der Waals surface area (Å²) >= 11 is 6.43. The lowest BCUT2D eigenvalue weighted by atomic mass is 10.1. The molecule has 0 heterocycles. The highest BCUT2D eigenvalue weighted by molar-refractivity contribution is 7.92. The number of para-hydroxylation sites is 1. The highest BCUT2D eigenvalue weighted by Gasteiger charge is 2.34. The number of benzene rings is 3. The summed E-state index contributed by atoms with van der Waals surface area (Å²) in [4.78, 5) is 28.4. The Balaban J connectivity index is 2.06. The Kier molecular flexibility index (Phi) is 9.94. The molecule has 3 aromatic carbocycles. The number of carbonyl (C=O) groups excluding carboxylic acids is 2. The van der Waals surface area contributed by atoms with Crippen LogP contribution in [0.2, 0.25) is 5.02 Å². The number of carbonyl (C=O) groups is 2. The Morgan fingerprint density at radius 2 is 1.47 bits per heavy atom. The Hall–Kier alpha value is -3.36. The minimum atomic E-state index is -4.16. The average Bonchev–Trinajstić information content (AvgIpc) is 2.89. The fraction of sp³-hybridized carbons (Fsp3) is 0.310. The van der Waals surface area contributed by atoms with Crippen molar-refractivity contribution in [3.05, 3.63) is 94.5 Å². The molecule has 0 radical (unpaired) electrons. The molecular formula is C29H34ClN3O4S. The van der Waals surface area contributed by atoms with E-state index >= 15 is 0 Å². The van der Waals surface area contributed by atoms with Crippen LogP contribution in [0.1, 0.15) is 37.0 Å². The Morgan fingerprint density at radius 3 is 2.03 bits per heavy atom. The van der Waals surface area contributed by atoms with Gasteiger partial charge in [-0.2, -0.15) is 0 Å². The molecule has 3 rings (SSSR count). The first-order chi connectivity index (χ1) is 18.1. The third-order valence-corrected chi connectivity index (χ3v) is 8.31. The molecule has 0 fully saturated rings. The summed E-state index contributed by atoms with van der Waals surface area (Å²) in [5, 5.41) is 2.99. The minimum absolute atomic E-state index is 0.0386. The molecule has 0 aliphatic rings. The zero-order valence-corrected chi connectivity index (χ0v) is 23.7. The number of halogens is 1. The maximum Gasteiger partial charge on any atom is 0.264 e. The van der Waals surface area contributed by atoms with E-state index < -0.39 is 28.5 Å². The number of rotatable bonds is 11. The van der Waals surface area contributed by atoms with Crippen LogP contribution in [0.15, 0.2) is 77.7 Å². The molecule has 1 atom stereocenters. The van der Waals surface area contributed by atoms with Crippen LogP contribution in [0.3, 0.4) is 0 Å². The number of amides is 2. The van der Waals surface area contributed by atoms with Crippen LogP contribution in [-0.4, -0.2) is 44.3 Å². The minimum Gasteiger partial charge on any atom is -0.355 e. The molecule has 3 aromatic rings. The summed E-state index contributed by atoms with van der Waals surface area (Å²) in [6.07, 6.45) is 0.361. The molecule has 7 nitrogen and oxygen atoms in total. The maximum atomic E-state index is 13.9. The molecule has 0 spiro atoms. The molecule has 9 heteroatoms. The van der Waals surface area contributed by atoms with Gasteiger partial charge in [-0.1, -0.05) is 78.2 Å². The number of likely N-dealkylation sites (N-methyl/N-ethyl adjacent to an activating group) is 1. The Bertz CT molecular complexity index is 1360. The number of nitrogens with one attached hydrogen (secondary N) is 1. The Morgan fingerprint density at radius 1 is 0.895 bits per heavy atom. The highest BCUT2D eigenvalue weighted by Crippen LogP contribution is 2.31. The molecule has 0 bridgehead atoms. The molecule has 0 aliphatic heterocycles. The molecule has 1 N–H and O–H groups in total. The number of hydrogen-bond acceptors (Lipinski definition) is 4. The molecular weight excluding hydrogens is 522 g/mol. The lowest BCUT2D eigenvalue weighted by Crippen LogP contribution is -2.52. The average molecular weight is 556 g/mol. The van der Waals surface area contributed by atoms with E-state index in [2.05, 4.69) is 5.32 Å². The van der Waals surface area contributed by atoms with E-state index in [0.717, 1.165) is 21.0 Å². The monoisotopic (exact) mass is 555 g/mol. The van der Waals surface area contributed by atoms with Crippen LogP contribution < -0.4 is 9.62 Å². The van der Waals surface area contributed by atoms with Crippen LogP contribution >= 0.6 is 11.6 Å². The SMILES string of the molecule is CCNC(=O)[C@@H](CC)N(Cc1ccc(C)cc1)C(=O)CN(c1ccccc1Cl)S(=O)(=O)c1ccc(C)cc1. The van der Waals surface area contributed by atoms with Gasteiger partial charge in [-0.05, 0) is 57.0 Å². The van der Waals surface area contributed by atoms with Gasteiger partial charge in [0.25, 0.3) is 10.0 Å². The maximum absolute atomic E-state index is 13.9. The first-order valence-corrected chi connectivity index (χ1v) is 14.4. The van der Waals surface area contributed by atoms with Gasteiger partial charge in [0.2, 0.25) is 11.8 Å². The third-order valence-electron chi connectivity index (χ3n) is 6.22. The van der Waals surface area contributed by atoms with Crippen molar-refractivity contribution in [2.75, 3.05) is 17.4 Å². The zero-order valence-electron chi connectivity index (χ0n) is 22.1. The van der Waals surface area contributed by atoms with Crippen molar-refractivity contribution in [2.45, 2.75) is 51.6 Å². The third kappa shape index (κ3) is 6.94. The largest absolute Gasteiger partial charge is 0.355 e.